The first kappa shape index (κ1) is 12.4. The highest BCUT2D eigenvalue weighted by Crippen LogP contribution is 2.00. The molecular weight excluding hydrogens is 194 g/mol. The van der Waals surface area contributed by atoms with Crippen molar-refractivity contribution < 1.29 is 9.53 Å². The topological polar surface area (TPSA) is 53.6 Å². The van der Waals surface area contributed by atoms with Crippen molar-refractivity contribution in [1.82, 2.24) is 15.5 Å². The van der Waals surface area contributed by atoms with Crippen LogP contribution in [0.25, 0.3) is 0 Å². The van der Waals surface area contributed by atoms with Crippen molar-refractivity contribution in [2.24, 2.45) is 0 Å². The first-order valence-electron chi connectivity index (χ1n) is 5.42. The van der Waals surface area contributed by atoms with Crippen LogP contribution in [0.5, 0.6) is 0 Å². The summed E-state index contributed by atoms with van der Waals surface area (Å²) < 4.78 is 5.44. The maximum Gasteiger partial charge on any atom is 0.222 e. The maximum atomic E-state index is 11.5. The van der Waals surface area contributed by atoms with Crippen LogP contribution in [0.15, 0.2) is 0 Å². The minimum Gasteiger partial charge on any atom is -0.375 e. The number of nitrogens with zero attached hydrogens (tertiary/aromatic N) is 1. The van der Waals surface area contributed by atoms with Gasteiger partial charge in [0.25, 0.3) is 0 Å². The number of likely N-dealkylation sites (N-methyl/N-ethyl adjacent to an activating group) is 1. The number of carbonyl (C=O) groups is 1. The van der Waals surface area contributed by atoms with Gasteiger partial charge in [-0.2, -0.15) is 0 Å². The second-order valence-corrected chi connectivity index (χ2v) is 4.05. The van der Waals surface area contributed by atoms with Crippen molar-refractivity contribution >= 4 is 5.91 Å². The molecule has 0 aromatic rings. The molecule has 0 aliphatic carbocycles. The predicted octanol–water partition coefficient (Wildman–Crippen LogP) is -0.957. The molecule has 0 bridgehead atoms. The Morgan fingerprint density at radius 3 is 3.00 bits per heavy atom. The van der Waals surface area contributed by atoms with E-state index in [1.165, 1.54) is 0 Å². The number of carbonyl (C=O) groups excluding carboxylic acids is 1. The molecule has 1 rings (SSSR count). The summed E-state index contributed by atoms with van der Waals surface area (Å²) in [5, 5.41) is 6.07. The molecule has 0 spiro atoms. The molecule has 0 saturated carbocycles. The Balaban J connectivity index is 2.06. The molecule has 88 valence electrons. The van der Waals surface area contributed by atoms with E-state index < -0.39 is 0 Å². The van der Waals surface area contributed by atoms with E-state index in [0.29, 0.717) is 19.6 Å². The maximum absolute atomic E-state index is 11.5. The van der Waals surface area contributed by atoms with Gasteiger partial charge in [0.15, 0.2) is 0 Å². The van der Waals surface area contributed by atoms with E-state index in [4.69, 9.17) is 4.74 Å². The highest BCUT2D eigenvalue weighted by Gasteiger charge is 2.16. The molecule has 1 atom stereocenters. The lowest BCUT2D eigenvalue weighted by molar-refractivity contribution is -0.124. The zero-order valence-electron chi connectivity index (χ0n) is 9.58. The minimum atomic E-state index is 0.0399. The molecular formula is C10H21N3O2. The second kappa shape index (κ2) is 6.76. The Hall–Kier alpha value is -0.650. The Morgan fingerprint density at radius 1 is 1.60 bits per heavy atom. The van der Waals surface area contributed by atoms with Gasteiger partial charge in [-0.05, 0) is 14.1 Å². The third-order valence-electron chi connectivity index (χ3n) is 2.30. The average Bonchev–Trinajstić information content (AvgIpc) is 2.18. The smallest absolute Gasteiger partial charge is 0.222 e. The molecule has 5 nitrogen and oxygen atoms in total. The zero-order chi connectivity index (χ0) is 11.1. The highest BCUT2D eigenvalue weighted by atomic mass is 16.5. The van der Waals surface area contributed by atoms with Crippen LogP contribution in [0.4, 0.5) is 0 Å². The molecule has 2 N–H and O–H groups in total. The van der Waals surface area contributed by atoms with Crippen molar-refractivity contribution in [3.8, 4) is 0 Å². The summed E-state index contributed by atoms with van der Waals surface area (Å²) in [7, 11) is 3.97. The van der Waals surface area contributed by atoms with Crippen LogP contribution in [0.2, 0.25) is 0 Å². The van der Waals surface area contributed by atoms with Gasteiger partial charge in [-0.15, -0.1) is 0 Å². The van der Waals surface area contributed by atoms with Crippen molar-refractivity contribution in [2.45, 2.75) is 12.5 Å². The van der Waals surface area contributed by atoms with Crippen LogP contribution in [-0.2, 0) is 9.53 Å². The van der Waals surface area contributed by atoms with Crippen LogP contribution >= 0.6 is 0 Å². The summed E-state index contributed by atoms with van der Waals surface area (Å²) in [4.78, 5) is 13.5. The quantitative estimate of drug-likeness (QED) is 0.620. The average molecular weight is 215 g/mol. The summed E-state index contributed by atoms with van der Waals surface area (Å²) >= 11 is 0. The Bertz CT molecular complexity index is 191. The fraction of sp³-hybridized carbons (Fsp3) is 0.900. The zero-order valence-corrected chi connectivity index (χ0v) is 9.58. The van der Waals surface area contributed by atoms with E-state index in [1.54, 1.807) is 0 Å². The number of nitrogens with one attached hydrogen (secondary N) is 2. The van der Waals surface area contributed by atoms with E-state index >= 15 is 0 Å². The highest BCUT2D eigenvalue weighted by molar-refractivity contribution is 5.76. The number of morpholine rings is 1. The molecule has 1 aliphatic rings. The number of ether oxygens (including phenoxy) is 1. The van der Waals surface area contributed by atoms with Crippen molar-refractivity contribution in [3.63, 3.8) is 0 Å². The lowest BCUT2D eigenvalue weighted by atomic mass is 10.2. The Kier molecular flexibility index (Phi) is 5.60. The van der Waals surface area contributed by atoms with Crippen LogP contribution < -0.4 is 10.6 Å². The van der Waals surface area contributed by atoms with Gasteiger partial charge in [0.2, 0.25) is 5.91 Å². The molecule has 1 unspecified atom stereocenters. The van der Waals surface area contributed by atoms with Crippen LogP contribution in [0.3, 0.4) is 0 Å². The monoisotopic (exact) mass is 215 g/mol. The number of rotatable bonds is 5. The molecule has 15 heavy (non-hydrogen) atoms. The number of hydrogen-bond acceptors (Lipinski definition) is 4. The summed E-state index contributed by atoms with van der Waals surface area (Å²) in [6, 6.07) is 0. The largest absolute Gasteiger partial charge is 0.375 e. The SMILES string of the molecule is CN(C)CCNC(=O)CC1CNCCO1. The summed E-state index contributed by atoms with van der Waals surface area (Å²) in [5.41, 5.74) is 0. The number of amides is 1. The lowest BCUT2D eigenvalue weighted by Crippen LogP contribution is -2.42. The third-order valence-corrected chi connectivity index (χ3v) is 2.30. The molecule has 1 aliphatic heterocycles. The molecule has 0 aromatic heterocycles. The van der Waals surface area contributed by atoms with Crippen LogP contribution in [0, 0.1) is 0 Å². The molecule has 5 heteroatoms. The van der Waals surface area contributed by atoms with Gasteiger partial charge in [-0.3, -0.25) is 4.79 Å². The van der Waals surface area contributed by atoms with Gasteiger partial charge < -0.3 is 20.3 Å². The molecule has 1 heterocycles. The van der Waals surface area contributed by atoms with E-state index in [1.807, 2.05) is 19.0 Å². The van der Waals surface area contributed by atoms with Gasteiger partial charge in [0.05, 0.1) is 19.1 Å². The first-order chi connectivity index (χ1) is 7.18. The van der Waals surface area contributed by atoms with Gasteiger partial charge in [-0.1, -0.05) is 0 Å². The standard InChI is InChI=1S/C10H21N3O2/c1-13(2)5-3-12-10(14)7-9-8-11-4-6-15-9/h9,11H,3-8H2,1-2H3,(H,12,14). The third kappa shape index (κ3) is 5.71. The van der Waals surface area contributed by atoms with Crippen molar-refractivity contribution in [3.05, 3.63) is 0 Å². The van der Waals surface area contributed by atoms with E-state index in [-0.39, 0.29) is 12.0 Å². The van der Waals surface area contributed by atoms with E-state index in [9.17, 15) is 4.79 Å². The Labute approximate surface area is 91.2 Å². The minimum absolute atomic E-state index is 0.0399. The summed E-state index contributed by atoms with van der Waals surface area (Å²) in [5.74, 6) is 0.0746. The lowest BCUT2D eigenvalue weighted by Gasteiger charge is -2.23. The van der Waals surface area contributed by atoms with E-state index in [0.717, 1.165) is 19.6 Å². The number of hydrogen-bond donors (Lipinski definition) is 2. The predicted molar refractivity (Wildman–Crippen MR) is 58.8 cm³/mol. The fourth-order valence-corrected chi connectivity index (χ4v) is 1.45. The normalized spacial score (nSPS) is 21.7. The summed E-state index contributed by atoms with van der Waals surface area (Å²) in [6.45, 7) is 3.94. The van der Waals surface area contributed by atoms with Gasteiger partial charge in [-0.25, -0.2) is 0 Å². The van der Waals surface area contributed by atoms with Crippen molar-refractivity contribution in [1.29, 1.82) is 0 Å². The molecule has 0 aromatic carbocycles. The molecule has 1 saturated heterocycles. The van der Waals surface area contributed by atoms with E-state index in [2.05, 4.69) is 10.6 Å². The van der Waals surface area contributed by atoms with Crippen LogP contribution in [0.1, 0.15) is 6.42 Å². The van der Waals surface area contributed by atoms with Gasteiger partial charge in [0.1, 0.15) is 0 Å². The van der Waals surface area contributed by atoms with Crippen LogP contribution in [-0.4, -0.2) is 63.8 Å². The Morgan fingerprint density at radius 2 is 2.40 bits per heavy atom. The van der Waals surface area contributed by atoms with Gasteiger partial charge in [0, 0.05) is 26.2 Å². The molecule has 1 fully saturated rings. The van der Waals surface area contributed by atoms with Crippen molar-refractivity contribution in [2.75, 3.05) is 46.9 Å². The molecule has 0 radical (unpaired) electrons. The second-order valence-electron chi connectivity index (χ2n) is 4.05. The molecule has 1 amide bonds. The fourth-order valence-electron chi connectivity index (χ4n) is 1.45. The first-order valence-corrected chi connectivity index (χ1v) is 5.42. The summed E-state index contributed by atoms with van der Waals surface area (Å²) in [6.07, 6.45) is 0.499. The van der Waals surface area contributed by atoms with Gasteiger partial charge >= 0.3 is 0 Å².